The van der Waals surface area contributed by atoms with Gasteiger partial charge < -0.3 is 15.0 Å². The lowest BCUT2D eigenvalue weighted by molar-refractivity contribution is -0.147. The molecular weight excluding hydrogens is 327 g/mol. The SMILES string of the molecule is Cc1ccc(CNC(=O)COC(=O)CN(C)c2ncccn2)cc1F. The Labute approximate surface area is 144 Å². The van der Waals surface area contributed by atoms with Crippen molar-refractivity contribution in [2.45, 2.75) is 13.5 Å². The van der Waals surface area contributed by atoms with Crippen molar-refractivity contribution in [2.24, 2.45) is 0 Å². The van der Waals surface area contributed by atoms with Gasteiger partial charge in [0.05, 0.1) is 0 Å². The van der Waals surface area contributed by atoms with Crippen molar-refractivity contribution < 1.29 is 18.7 Å². The van der Waals surface area contributed by atoms with Gasteiger partial charge in [-0.3, -0.25) is 9.59 Å². The van der Waals surface area contributed by atoms with E-state index in [2.05, 4.69) is 15.3 Å². The molecular formula is C17H19FN4O3. The van der Waals surface area contributed by atoms with Crippen LogP contribution in [0.4, 0.5) is 10.3 Å². The second-order valence-corrected chi connectivity index (χ2v) is 5.43. The summed E-state index contributed by atoms with van der Waals surface area (Å²) in [6, 6.07) is 6.38. The largest absolute Gasteiger partial charge is 0.454 e. The lowest BCUT2D eigenvalue weighted by atomic mass is 10.1. The number of hydrogen-bond donors (Lipinski definition) is 1. The molecule has 0 atom stereocenters. The van der Waals surface area contributed by atoms with E-state index in [-0.39, 0.29) is 18.9 Å². The molecule has 132 valence electrons. The number of benzene rings is 1. The number of anilines is 1. The van der Waals surface area contributed by atoms with E-state index in [1.165, 1.54) is 11.0 Å². The van der Waals surface area contributed by atoms with E-state index < -0.39 is 18.5 Å². The van der Waals surface area contributed by atoms with Gasteiger partial charge in [-0.1, -0.05) is 12.1 Å². The lowest BCUT2D eigenvalue weighted by Crippen LogP contribution is -2.32. The average molecular weight is 346 g/mol. The molecule has 1 aromatic heterocycles. The number of esters is 1. The molecule has 0 spiro atoms. The van der Waals surface area contributed by atoms with Crippen molar-refractivity contribution in [1.29, 1.82) is 0 Å². The maximum atomic E-state index is 13.4. The molecule has 2 rings (SSSR count). The molecule has 0 aliphatic carbocycles. The summed E-state index contributed by atoms with van der Waals surface area (Å²) in [5.41, 5.74) is 1.17. The van der Waals surface area contributed by atoms with Crippen LogP contribution in [0.25, 0.3) is 0 Å². The molecule has 1 N–H and O–H groups in total. The number of carbonyl (C=O) groups is 2. The van der Waals surface area contributed by atoms with Gasteiger partial charge in [0.2, 0.25) is 5.95 Å². The summed E-state index contributed by atoms with van der Waals surface area (Å²) >= 11 is 0. The van der Waals surface area contributed by atoms with Crippen molar-refractivity contribution >= 4 is 17.8 Å². The molecule has 8 heteroatoms. The first-order valence-electron chi connectivity index (χ1n) is 7.61. The van der Waals surface area contributed by atoms with Crippen LogP contribution in [0.15, 0.2) is 36.7 Å². The van der Waals surface area contributed by atoms with E-state index in [9.17, 15) is 14.0 Å². The zero-order valence-electron chi connectivity index (χ0n) is 14.0. The Bertz CT molecular complexity index is 740. The van der Waals surface area contributed by atoms with Crippen LogP contribution < -0.4 is 10.2 Å². The van der Waals surface area contributed by atoms with E-state index in [0.29, 0.717) is 17.1 Å². The fourth-order valence-electron chi connectivity index (χ4n) is 1.94. The third-order valence-electron chi connectivity index (χ3n) is 3.35. The van der Waals surface area contributed by atoms with Gasteiger partial charge in [-0.05, 0) is 30.2 Å². The van der Waals surface area contributed by atoms with Gasteiger partial charge in [0, 0.05) is 26.0 Å². The quantitative estimate of drug-likeness (QED) is 0.759. The Hall–Kier alpha value is -3.03. The van der Waals surface area contributed by atoms with E-state index in [4.69, 9.17) is 4.74 Å². The number of hydrogen-bond acceptors (Lipinski definition) is 6. The van der Waals surface area contributed by atoms with Crippen LogP contribution in [-0.2, 0) is 20.9 Å². The number of halogens is 1. The number of amides is 1. The number of ether oxygens (including phenoxy) is 1. The molecule has 1 aromatic carbocycles. The van der Waals surface area contributed by atoms with Gasteiger partial charge in [0.1, 0.15) is 12.4 Å². The molecule has 1 heterocycles. The maximum Gasteiger partial charge on any atom is 0.326 e. The van der Waals surface area contributed by atoms with Crippen molar-refractivity contribution in [2.75, 3.05) is 25.1 Å². The highest BCUT2D eigenvalue weighted by atomic mass is 19.1. The van der Waals surface area contributed by atoms with E-state index in [0.717, 1.165) is 0 Å². The summed E-state index contributed by atoms with van der Waals surface area (Å²) in [5.74, 6) is -0.992. The second-order valence-electron chi connectivity index (χ2n) is 5.43. The van der Waals surface area contributed by atoms with Crippen molar-refractivity contribution in [1.82, 2.24) is 15.3 Å². The van der Waals surface area contributed by atoms with Gasteiger partial charge >= 0.3 is 5.97 Å². The van der Waals surface area contributed by atoms with Crippen LogP contribution in [0, 0.1) is 12.7 Å². The van der Waals surface area contributed by atoms with Crippen LogP contribution in [0.2, 0.25) is 0 Å². The Kier molecular flexibility index (Phi) is 6.39. The second kappa shape index (κ2) is 8.72. The zero-order valence-corrected chi connectivity index (χ0v) is 14.0. The van der Waals surface area contributed by atoms with Gasteiger partial charge in [0.25, 0.3) is 5.91 Å². The number of aromatic nitrogens is 2. The molecule has 0 unspecified atom stereocenters. The summed E-state index contributed by atoms with van der Waals surface area (Å²) in [6.07, 6.45) is 3.12. The van der Waals surface area contributed by atoms with Crippen LogP contribution in [0.1, 0.15) is 11.1 Å². The standard InChI is InChI=1S/C17H19FN4O3/c1-12-4-5-13(8-14(12)18)9-21-15(23)11-25-16(24)10-22(2)17-19-6-3-7-20-17/h3-8H,9-11H2,1-2H3,(H,21,23). The van der Waals surface area contributed by atoms with Crippen molar-refractivity contribution in [3.63, 3.8) is 0 Å². The van der Waals surface area contributed by atoms with Crippen molar-refractivity contribution in [3.05, 3.63) is 53.6 Å². The summed E-state index contributed by atoms with van der Waals surface area (Å²) in [7, 11) is 1.64. The van der Waals surface area contributed by atoms with E-state index >= 15 is 0 Å². The number of carbonyl (C=O) groups excluding carboxylic acids is 2. The minimum absolute atomic E-state index is 0.0829. The summed E-state index contributed by atoms with van der Waals surface area (Å²) in [5, 5.41) is 2.56. The Balaban J connectivity index is 1.72. The van der Waals surface area contributed by atoms with E-state index in [1.807, 2.05) is 0 Å². The Morgan fingerprint density at radius 2 is 2.00 bits per heavy atom. The van der Waals surface area contributed by atoms with E-state index in [1.54, 1.807) is 44.6 Å². The van der Waals surface area contributed by atoms with Crippen LogP contribution in [0.3, 0.4) is 0 Å². The molecule has 7 nitrogen and oxygen atoms in total. The fraction of sp³-hybridized carbons (Fsp3) is 0.294. The molecule has 0 fully saturated rings. The Morgan fingerprint density at radius 1 is 1.28 bits per heavy atom. The minimum atomic E-state index is -0.577. The summed E-state index contributed by atoms with van der Waals surface area (Å²) in [6.45, 7) is 1.33. The van der Waals surface area contributed by atoms with Gasteiger partial charge in [0.15, 0.2) is 6.61 Å². The molecule has 0 saturated heterocycles. The molecule has 25 heavy (non-hydrogen) atoms. The topological polar surface area (TPSA) is 84.4 Å². The number of nitrogens with one attached hydrogen (secondary N) is 1. The smallest absolute Gasteiger partial charge is 0.326 e. The molecule has 1 amide bonds. The van der Waals surface area contributed by atoms with Crippen molar-refractivity contribution in [3.8, 4) is 0 Å². The average Bonchev–Trinajstić information content (AvgIpc) is 2.61. The number of rotatable bonds is 7. The minimum Gasteiger partial charge on any atom is -0.454 e. The molecule has 0 radical (unpaired) electrons. The highest BCUT2D eigenvalue weighted by molar-refractivity contribution is 5.81. The summed E-state index contributed by atoms with van der Waals surface area (Å²) < 4.78 is 18.3. The molecule has 0 aliphatic rings. The number of nitrogens with zero attached hydrogens (tertiary/aromatic N) is 3. The zero-order chi connectivity index (χ0) is 18.2. The molecule has 0 saturated carbocycles. The first kappa shape index (κ1) is 18.3. The van der Waals surface area contributed by atoms with Gasteiger partial charge in [-0.15, -0.1) is 0 Å². The number of likely N-dealkylation sites (N-methyl/N-ethyl adjacent to an activating group) is 1. The number of aryl methyl sites for hydroxylation is 1. The monoisotopic (exact) mass is 346 g/mol. The van der Waals surface area contributed by atoms with Crippen LogP contribution in [-0.4, -0.2) is 42.0 Å². The van der Waals surface area contributed by atoms with Crippen LogP contribution >= 0.6 is 0 Å². The third kappa shape index (κ3) is 5.83. The first-order valence-corrected chi connectivity index (χ1v) is 7.61. The predicted octanol–water partition coefficient (Wildman–Crippen LogP) is 1.22. The molecule has 0 aliphatic heterocycles. The predicted molar refractivity (Wildman–Crippen MR) is 89.2 cm³/mol. The third-order valence-corrected chi connectivity index (χ3v) is 3.35. The maximum absolute atomic E-state index is 13.4. The molecule has 0 bridgehead atoms. The lowest BCUT2D eigenvalue weighted by Gasteiger charge is -2.15. The Morgan fingerprint density at radius 3 is 2.68 bits per heavy atom. The highest BCUT2D eigenvalue weighted by Crippen LogP contribution is 2.08. The highest BCUT2D eigenvalue weighted by Gasteiger charge is 2.12. The first-order chi connectivity index (χ1) is 12.0. The normalized spacial score (nSPS) is 10.2. The molecule has 2 aromatic rings. The fourth-order valence-corrected chi connectivity index (χ4v) is 1.94. The van der Waals surface area contributed by atoms with Gasteiger partial charge in [-0.2, -0.15) is 0 Å². The van der Waals surface area contributed by atoms with Gasteiger partial charge in [-0.25, -0.2) is 14.4 Å². The van der Waals surface area contributed by atoms with Crippen LogP contribution in [0.5, 0.6) is 0 Å². The summed E-state index contributed by atoms with van der Waals surface area (Å²) in [4.78, 5) is 33.0.